The SMILES string of the molecule is CC(C)(C)c1nc(-c2cc(F)cc(C(F)(F)F)c2)c(N)s1. The summed E-state index contributed by atoms with van der Waals surface area (Å²) in [6.07, 6.45) is -4.62. The summed E-state index contributed by atoms with van der Waals surface area (Å²) in [4.78, 5) is 4.28. The van der Waals surface area contributed by atoms with Gasteiger partial charge in [0.1, 0.15) is 21.5 Å². The van der Waals surface area contributed by atoms with Crippen LogP contribution in [-0.2, 0) is 11.6 Å². The average molecular weight is 318 g/mol. The predicted octanol–water partition coefficient (Wildman–Crippen LogP) is 4.85. The molecule has 0 aliphatic rings. The molecule has 0 spiro atoms. The zero-order valence-corrected chi connectivity index (χ0v) is 12.5. The molecule has 2 rings (SSSR count). The molecule has 0 unspecified atom stereocenters. The Morgan fingerprint density at radius 3 is 2.19 bits per heavy atom. The molecule has 2 nitrogen and oxygen atoms in total. The number of hydrogen-bond donors (Lipinski definition) is 1. The number of hydrogen-bond acceptors (Lipinski definition) is 3. The quantitative estimate of drug-likeness (QED) is 0.764. The number of benzene rings is 1. The summed E-state index contributed by atoms with van der Waals surface area (Å²) in [5.41, 5.74) is 4.72. The molecule has 0 bridgehead atoms. The van der Waals surface area contributed by atoms with Crippen LogP contribution >= 0.6 is 11.3 Å². The van der Waals surface area contributed by atoms with Crippen LogP contribution in [0, 0.1) is 5.82 Å². The third kappa shape index (κ3) is 3.34. The Balaban J connectivity index is 2.57. The number of thiazole rings is 1. The van der Waals surface area contributed by atoms with E-state index in [0.717, 1.165) is 12.1 Å². The molecule has 0 amide bonds. The number of anilines is 1. The normalized spacial score (nSPS) is 12.7. The summed E-state index contributed by atoms with van der Waals surface area (Å²) in [6.45, 7) is 5.76. The van der Waals surface area contributed by atoms with Gasteiger partial charge in [-0.3, -0.25) is 0 Å². The van der Waals surface area contributed by atoms with Crippen LogP contribution in [0.1, 0.15) is 31.3 Å². The second kappa shape index (κ2) is 4.98. The van der Waals surface area contributed by atoms with Crippen molar-refractivity contribution in [3.8, 4) is 11.3 Å². The Labute approximate surface area is 123 Å². The lowest BCUT2D eigenvalue weighted by atomic mass is 9.98. The molecule has 114 valence electrons. The van der Waals surface area contributed by atoms with Gasteiger partial charge in [-0.2, -0.15) is 13.2 Å². The molecule has 1 aromatic carbocycles. The van der Waals surface area contributed by atoms with Gasteiger partial charge >= 0.3 is 6.18 Å². The molecule has 21 heavy (non-hydrogen) atoms. The van der Waals surface area contributed by atoms with Crippen LogP contribution in [0.2, 0.25) is 0 Å². The Kier molecular flexibility index (Phi) is 3.73. The van der Waals surface area contributed by atoms with Gasteiger partial charge in [0.2, 0.25) is 0 Å². The van der Waals surface area contributed by atoms with E-state index in [4.69, 9.17) is 5.73 Å². The molecule has 0 fully saturated rings. The highest BCUT2D eigenvalue weighted by atomic mass is 32.1. The maximum atomic E-state index is 13.5. The topological polar surface area (TPSA) is 38.9 Å². The Morgan fingerprint density at radius 2 is 1.71 bits per heavy atom. The van der Waals surface area contributed by atoms with Crippen molar-refractivity contribution in [1.82, 2.24) is 4.98 Å². The molecule has 1 heterocycles. The summed E-state index contributed by atoms with van der Waals surface area (Å²) < 4.78 is 51.7. The molecule has 0 aliphatic carbocycles. The molecule has 0 atom stereocenters. The molecular weight excluding hydrogens is 304 g/mol. The van der Waals surface area contributed by atoms with E-state index in [9.17, 15) is 17.6 Å². The third-order valence-corrected chi connectivity index (χ3v) is 4.10. The van der Waals surface area contributed by atoms with E-state index in [2.05, 4.69) is 4.98 Å². The smallest absolute Gasteiger partial charge is 0.389 e. The van der Waals surface area contributed by atoms with Crippen molar-refractivity contribution >= 4 is 16.3 Å². The summed E-state index contributed by atoms with van der Waals surface area (Å²) in [6, 6.07) is 2.32. The minimum absolute atomic E-state index is 0.0339. The van der Waals surface area contributed by atoms with Gasteiger partial charge in [-0.1, -0.05) is 20.8 Å². The molecule has 0 radical (unpaired) electrons. The Hall–Kier alpha value is -1.63. The number of nitrogens with zero attached hydrogens (tertiary/aromatic N) is 1. The molecule has 0 saturated heterocycles. The zero-order valence-electron chi connectivity index (χ0n) is 11.7. The van der Waals surface area contributed by atoms with Crippen molar-refractivity contribution < 1.29 is 17.6 Å². The number of halogens is 4. The monoisotopic (exact) mass is 318 g/mol. The van der Waals surface area contributed by atoms with Crippen LogP contribution < -0.4 is 5.73 Å². The van der Waals surface area contributed by atoms with E-state index >= 15 is 0 Å². The molecule has 2 aromatic rings. The van der Waals surface area contributed by atoms with Crippen molar-refractivity contribution in [2.45, 2.75) is 32.4 Å². The van der Waals surface area contributed by atoms with Gasteiger partial charge in [-0.05, 0) is 18.2 Å². The first-order valence-corrected chi connectivity index (χ1v) is 6.95. The van der Waals surface area contributed by atoms with Gasteiger partial charge in [-0.15, -0.1) is 11.3 Å². The second-order valence-electron chi connectivity index (χ2n) is 5.71. The van der Waals surface area contributed by atoms with Crippen molar-refractivity contribution in [2.24, 2.45) is 0 Å². The predicted molar refractivity (Wildman–Crippen MR) is 75.6 cm³/mol. The van der Waals surface area contributed by atoms with E-state index in [0.29, 0.717) is 11.1 Å². The minimum Gasteiger partial charge on any atom is -0.389 e. The van der Waals surface area contributed by atoms with Gasteiger partial charge in [0.15, 0.2) is 0 Å². The summed E-state index contributed by atoms with van der Waals surface area (Å²) in [5, 5.41) is 0.964. The molecule has 1 aromatic heterocycles. The average Bonchev–Trinajstić information content (AvgIpc) is 2.69. The van der Waals surface area contributed by atoms with E-state index in [1.807, 2.05) is 20.8 Å². The van der Waals surface area contributed by atoms with Crippen LogP contribution in [0.5, 0.6) is 0 Å². The molecule has 0 aliphatic heterocycles. The Bertz CT molecular complexity index is 669. The van der Waals surface area contributed by atoms with E-state index in [1.54, 1.807) is 0 Å². The van der Waals surface area contributed by atoms with Crippen molar-refractivity contribution in [3.63, 3.8) is 0 Å². The van der Waals surface area contributed by atoms with Crippen molar-refractivity contribution in [2.75, 3.05) is 5.73 Å². The first-order valence-electron chi connectivity index (χ1n) is 6.13. The summed E-state index contributed by atoms with van der Waals surface area (Å²) in [5.74, 6) is -0.968. The standard InChI is InChI=1S/C14H14F4N2S/c1-13(2,3)12-20-10(11(19)21-12)7-4-8(14(16,17)18)6-9(15)5-7/h4-6H,19H2,1-3H3. The number of rotatable bonds is 1. The van der Waals surface area contributed by atoms with Crippen LogP contribution in [-0.4, -0.2) is 4.98 Å². The molecule has 0 saturated carbocycles. The lowest BCUT2D eigenvalue weighted by Crippen LogP contribution is -2.10. The second-order valence-corrected chi connectivity index (χ2v) is 6.74. The molecular formula is C14H14F4N2S. The fraction of sp³-hybridized carbons (Fsp3) is 0.357. The van der Waals surface area contributed by atoms with Gasteiger partial charge in [0.05, 0.1) is 5.56 Å². The fourth-order valence-electron chi connectivity index (χ4n) is 1.75. The lowest BCUT2D eigenvalue weighted by Gasteiger charge is -2.13. The van der Waals surface area contributed by atoms with Crippen molar-refractivity contribution in [1.29, 1.82) is 0 Å². The Morgan fingerprint density at radius 1 is 1.10 bits per heavy atom. The van der Waals surface area contributed by atoms with Gasteiger partial charge in [0, 0.05) is 11.0 Å². The highest BCUT2D eigenvalue weighted by Crippen LogP contribution is 2.38. The number of nitrogens with two attached hydrogens (primary N) is 1. The maximum Gasteiger partial charge on any atom is 0.416 e. The van der Waals surface area contributed by atoms with Crippen LogP contribution in [0.15, 0.2) is 18.2 Å². The van der Waals surface area contributed by atoms with Crippen LogP contribution in [0.3, 0.4) is 0 Å². The highest BCUT2D eigenvalue weighted by molar-refractivity contribution is 7.16. The van der Waals surface area contributed by atoms with E-state index < -0.39 is 17.6 Å². The maximum absolute atomic E-state index is 13.5. The van der Waals surface area contributed by atoms with Crippen LogP contribution in [0.4, 0.5) is 22.6 Å². The summed E-state index contributed by atoms with van der Waals surface area (Å²) >= 11 is 1.20. The summed E-state index contributed by atoms with van der Waals surface area (Å²) in [7, 11) is 0. The van der Waals surface area contributed by atoms with Gasteiger partial charge in [-0.25, -0.2) is 9.37 Å². The highest BCUT2D eigenvalue weighted by Gasteiger charge is 2.32. The third-order valence-electron chi connectivity index (χ3n) is 2.79. The van der Waals surface area contributed by atoms with Crippen LogP contribution in [0.25, 0.3) is 11.3 Å². The van der Waals surface area contributed by atoms with Gasteiger partial charge < -0.3 is 5.73 Å². The first-order chi connectivity index (χ1) is 9.48. The molecule has 2 N–H and O–H groups in total. The largest absolute Gasteiger partial charge is 0.416 e. The lowest BCUT2D eigenvalue weighted by molar-refractivity contribution is -0.137. The number of alkyl halides is 3. The van der Waals surface area contributed by atoms with E-state index in [-0.39, 0.29) is 21.7 Å². The molecule has 7 heteroatoms. The van der Waals surface area contributed by atoms with Gasteiger partial charge in [0.25, 0.3) is 0 Å². The number of nitrogen functional groups attached to an aromatic ring is 1. The van der Waals surface area contributed by atoms with Crippen molar-refractivity contribution in [3.05, 3.63) is 34.6 Å². The fourth-order valence-corrected chi connectivity index (χ4v) is 2.66. The van der Waals surface area contributed by atoms with E-state index in [1.165, 1.54) is 11.3 Å². The number of aromatic nitrogens is 1. The zero-order chi connectivity index (χ0) is 16.0. The first kappa shape index (κ1) is 15.8. The minimum atomic E-state index is -4.62.